The first-order chi connectivity index (χ1) is 53.4. The van der Waals surface area contributed by atoms with Crippen molar-refractivity contribution < 1.29 is 77.6 Å². The molecule has 2 aromatic heterocycles. The van der Waals surface area contributed by atoms with Gasteiger partial charge in [-0.3, -0.25) is 24.2 Å². The van der Waals surface area contributed by atoms with Gasteiger partial charge in [0.2, 0.25) is 0 Å². The molecule has 3 fully saturated rings. The van der Waals surface area contributed by atoms with Crippen LogP contribution in [0.2, 0.25) is 25.1 Å². The molecule has 0 spiro atoms. The minimum Gasteiger partial charge on any atom is -0.478 e. The number of nitrogens with zero attached hydrogens (tertiary/aromatic N) is 6. The second kappa shape index (κ2) is 36.1. The van der Waals surface area contributed by atoms with E-state index in [1.165, 1.54) is 77.1 Å². The topological polar surface area (TPSA) is 286 Å². The maximum atomic E-state index is 16.6. The second-order valence-corrected chi connectivity index (χ2v) is 32.1. The number of hydrogen-bond donors (Lipinski definition) is 7. The van der Waals surface area contributed by atoms with Gasteiger partial charge in [-0.15, -0.1) is 0 Å². The zero-order valence-corrected chi connectivity index (χ0v) is 66.6. The van der Waals surface area contributed by atoms with Crippen LogP contribution in [0.4, 0.5) is 13.2 Å². The Balaban J connectivity index is 0.000000169. The Kier molecular flexibility index (Phi) is 27.5. The van der Waals surface area contributed by atoms with Crippen molar-refractivity contribution in [3.8, 4) is 0 Å². The summed E-state index contributed by atoms with van der Waals surface area (Å²) in [5, 5.41) is 76.5. The molecule has 7 N–H and O–H groups in total. The van der Waals surface area contributed by atoms with Crippen LogP contribution in [-0.2, 0) is 50.8 Å². The molecule has 8 aromatic rings. The highest BCUT2D eigenvalue weighted by molar-refractivity contribution is 6.31. The monoisotopic (exact) mass is 1640 g/mol. The van der Waals surface area contributed by atoms with Gasteiger partial charge in [0.05, 0.1) is 106 Å². The van der Waals surface area contributed by atoms with Crippen molar-refractivity contribution in [1.29, 1.82) is 0 Å². The van der Waals surface area contributed by atoms with Crippen molar-refractivity contribution in [1.82, 2.24) is 29.7 Å². The zero-order chi connectivity index (χ0) is 80.8. The van der Waals surface area contributed by atoms with E-state index in [1.807, 2.05) is 20.8 Å². The number of amides is 2. The number of aromatic carboxylic acids is 1. The Labute approximate surface area is 674 Å². The number of carbonyl (C=O) groups is 4. The number of ketones is 1. The summed E-state index contributed by atoms with van der Waals surface area (Å²) in [7, 11) is 0. The number of aromatic nitrogens is 4. The molecule has 6 aromatic carbocycles. The summed E-state index contributed by atoms with van der Waals surface area (Å²) in [6.07, 6.45) is 15.6. The van der Waals surface area contributed by atoms with Gasteiger partial charge in [-0.1, -0.05) is 143 Å². The van der Waals surface area contributed by atoms with Crippen LogP contribution in [0, 0.1) is 47.0 Å². The molecule has 2 amide bonds. The fourth-order valence-corrected chi connectivity index (χ4v) is 17.7. The average Bonchev–Trinajstić information content (AvgIpc) is 1.55. The van der Waals surface area contributed by atoms with Gasteiger partial charge in [0.1, 0.15) is 29.1 Å². The minimum absolute atomic E-state index is 0.00621. The van der Waals surface area contributed by atoms with Crippen LogP contribution in [0.15, 0.2) is 134 Å². The Bertz CT molecular complexity index is 4460. The molecule has 112 heavy (non-hydrogen) atoms. The van der Waals surface area contributed by atoms with Gasteiger partial charge in [-0.25, -0.2) is 37.9 Å². The third-order valence-electron chi connectivity index (χ3n) is 23.3. The molecule has 27 heteroatoms. The molecule has 3 unspecified atom stereocenters. The molecular formula is C85H92Cl5F3N6O13. The Morgan fingerprint density at radius 3 is 1.16 bits per heavy atom. The van der Waals surface area contributed by atoms with Gasteiger partial charge in [-0.05, 0) is 202 Å². The maximum absolute atomic E-state index is 16.6. The number of carboxylic acid groups (broad SMARTS) is 1. The highest BCUT2D eigenvalue weighted by Gasteiger charge is 2.58. The molecule has 3 saturated carbocycles. The number of benzene rings is 6. The number of carboxylic acids is 1. The molecule has 0 radical (unpaired) electrons. The maximum Gasteiger partial charge on any atom is 0.336 e. The molecular weight excluding hydrogens is 1550 g/mol. The van der Waals surface area contributed by atoms with E-state index in [1.54, 1.807) is 60.7 Å². The fourth-order valence-electron chi connectivity index (χ4n) is 17.1. The Hall–Kier alpha value is -7.52. The number of hydrogen-bond acceptors (Lipinski definition) is 16. The van der Waals surface area contributed by atoms with Gasteiger partial charge in [0, 0.05) is 56.5 Å². The number of halogens is 8. The molecule has 13 rings (SSSR count). The van der Waals surface area contributed by atoms with Crippen LogP contribution in [0.1, 0.15) is 229 Å². The first-order valence-corrected chi connectivity index (χ1v) is 39.8. The molecule has 5 aliphatic rings. The molecule has 0 bridgehead atoms. The van der Waals surface area contributed by atoms with E-state index in [0.29, 0.717) is 104 Å². The van der Waals surface area contributed by atoms with Crippen LogP contribution in [0.5, 0.6) is 0 Å². The quantitative estimate of drug-likeness (QED) is 0.0277. The van der Waals surface area contributed by atoms with E-state index >= 15 is 13.2 Å². The fraction of sp³-hybridized carbons (Fsp3) is 0.435. The van der Waals surface area contributed by atoms with Crippen LogP contribution < -0.4 is 0 Å². The molecule has 19 nitrogen and oxygen atoms in total. The third kappa shape index (κ3) is 17.2. The van der Waals surface area contributed by atoms with E-state index in [2.05, 4.69) is 33.8 Å². The summed E-state index contributed by atoms with van der Waals surface area (Å²) >= 11 is 30.2. The van der Waals surface area contributed by atoms with Crippen molar-refractivity contribution in [2.24, 2.45) is 29.6 Å². The molecule has 3 aliphatic carbocycles. The lowest BCUT2D eigenvalue weighted by molar-refractivity contribution is -0.121. The predicted octanol–water partition coefficient (Wildman–Crippen LogP) is 17.0. The smallest absolute Gasteiger partial charge is 0.336 e. The lowest BCUT2D eigenvalue weighted by Gasteiger charge is -2.40. The van der Waals surface area contributed by atoms with Gasteiger partial charge in [0.25, 0.3) is 11.8 Å². The largest absolute Gasteiger partial charge is 0.478 e. The minimum atomic E-state index is -1.79. The van der Waals surface area contributed by atoms with Crippen molar-refractivity contribution in [3.05, 3.63) is 255 Å². The number of ether oxygens (including phenoxy) is 2. The SMILES string of the molecule is CCC(O)(c1cc(F)c(C(=O)c2ccc(Cl)cc2)c(C(=O)O)c1)C1CCC(C)CC1.CCC(O)(c1cc(F)c2c(c1)C(=O)N(Cc1ncc(Cl)cn1)[C@@]2(OCCO)c1ccc(Cl)cc1)C1CCC(C)CC1.CCC(O)(c1cc(F)c2c(c1)C(=O)N(Cc1ncc(Cl)cn1)[C@@]2(OCCO)c1ccc(Cl)cc1)C1CCC(O)CC1. The molecule has 2 aliphatic heterocycles. The molecule has 596 valence electrons. The standard InChI is InChI=1S/C31H34Cl2FN3O4.C30H32Cl2FN3O5.C24H26ClFO4/c1-3-30(40,20-6-4-19(2)5-7-20)22-14-25-28(26(34)15-22)31(41-13-12-38,21-8-10-23(32)11-9-21)37(29(25)39)18-27-35-16-24(33)17-36-27;1-2-29(40,18-5-9-23(38)10-6-18)20-13-24-27(25(33)14-20)30(41-12-11-37,19-3-7-21(31)8-4-19)36(28(24)39)17-26-34-15-22(32)16-35-26;1-3-24(30,16-8-4-14(2)5-9-16)17-12-19(23(28)29)21(20(26)13-17)22(27)15-6-10-18(25)11-7-15/h8-11,14-17,19-20,38,40H,3-7,12-13,18H2,1-2H3;3-4,7-8,13-16,18,23,37-38,40H,2,5-6,9-12,17H2,1H3;6-7,10-14,16,30H,3-5,8-9H2,1-2H3,(H,28,29)/t19?,20?,30?,31-;18?,23?,29?,30-;/m11./s1. The highest BCUT2D eigenvalue weighted by atomic mass is 35.5. The Morgan fingerprint density at radius 1 is 0.491 bits per heavy atom. The number of aliphatic hydroxyl groups is 6. The van der Waals surface area contributed by atoms with E-state index in [4.69, 9.17) is 67.5 Å². The van der Waals surface area contributed by atoms with Crippen LogP contribution in [0.3, 0.4) is 0 Å². The summed E-state index contributed by atoms with van der Waals surface area (Å²) in [5.41, 5.74) is -6.57. The van der Waals surface area contributed by atoms with Crippen molar-refractivity contribution in [2.75, 3.05) is 26.4 Å². The molecule has 0 saturated heterocycles. The van der Waals surface area contributed by atoms with E-state index < -0.39 is 86.5 Å². The van der Waals surface area contributed by atoms with Gasteiger partial charge in [-0.2, -0.15) is 0 Å². The van der Waals surface area contributed by atoms with E-state index in [9.17, 15) is 54.9 Å². The average molecular weight is 1640 g/mol. The summed E-state index contributed by atoms with van der Waals surface area (Å²) in [6, 6.07) is 27.1. The molecule has 4 heterocycles. The lowest BCUT2D eigenvalue weighted by Crippen LogP contribution is -2.47. The van der Waals surface area contributed by atoms with Gasteiger partial charge >= 0.3 is 5.97 Å². The number of fused-ring (bicyclic) bond motifs is 2. The van der Waals surface area contributed by atoms with Crippen LogP contribution in [-0.4, -0.2) is 122 Å². The van der Waals surface area contributed by atoms with Crippen molar-refractivity contribution in [2.45, 2.75) is 178 Å². The summed E-state index contributed by atoms with van der Waals surface area (Å²) in [5.74, 6) is -4.26. The van der Waals surface area contributed by atoms with Crippen molar-refractivity contribution in [3.63, 3.8) is 0 Å². The zero-order valence-electron chi connectivity index (χ0n) is 62.8. The van der Waals surface area contributed by atoms with Crippen LogP contribution >= 0.6 is 58.0 Å². The van der Waals surface area contributed by atoms with E-state index in [0.717, 1.165) is 57.4 Å². The molecule has 5 atom stereocenters. The number of carbonyl (C=O) groups excluding carboxylic acids is 3. The summed E-state index contributed by atoms with van der Waals surface area (Å²) in [6.45, 7) is 8.46. The summed E-state index contributed by atoms with van der Waals surface area (Å²) in [4.78, 5) is 72.9. The number of rotatable bonds is 24. The van der Waals surface area contributed by atoms with Gasteiger partial charge < -0.3 is 45.2 Å². The van der Waals surface area contributed by atoms with Crippen LogP contribution in [0.25, 0.3) is 0 Å². The predicted molar refractivity (Wildman–Crippen MR) is 418 cm³/mol. The second-order valence-electron chi connectivity index (χ2n) is 29.9. The third-order valence-corrected chi connectivity index (χ3v) is 24.5. The van der Waals surface area contributed by atoms with E-state index in [-0.39, 0.29) is 102 Å². The number of aliphatic hydroxyl groups excluding tert-OH is 3. The van der Waals surface area contributed by atoms with Gasteiger partial charge in [0.15, 0.2) is 17.2 Å². The lowest BCUT2D eigenvalue weighted by atomic mass is 9.69. The Morgan fingerprint density at radius 2 is 0.821 bits per heavy atom. The first-order valence-electron chi connectivity index (χ1n) is 37.9. The highest BCUT2D eigenvalue weighted by Crippen LogP contribution is 2.54. The summed E-state index contributed by atoms with van der Waals surface area (Å²) < 4.78 is 60.7. The van der Waals surface area contributed by atoms with Crippen molar-refractivity contribution >= 4 is 81.6 Å². The first kappa shape index (κ1) is 85.4. The normalized spacial score (nSPS) is 23.1.